The summed E-state index contributed by atoms with van der Waals surface area (Å²) in [5, 5.41) is 8.53. The molecular weight excluding hydrogens is 1260 g/mol. The summed E-state index contributed by atoms with van der Waals surface area (Å²) in [6.07, 6.45) is 11.6. The quantitative estimate of drug-likeness (QED) is 0.0479. The lowest BCUT2D eigenvalue weighted by atomic mass is 10.1. The third-order valence-corrected chi connectivity index (χ3v) is 11.3. The summed E-state index contributed by atoms with van der Waals surface area (Å²) in [6, 6.07) is 0. The fraction of sp³-hybridized carbons (Fsp3) is 0.960. The second-order valence-electron chi connectivity index (χ2n) is 29.9. The van der Waals surface area contributed by atoms with E-state index in [2.05, 4.69) is 50.6 Å². The minimum atomic E-state index is -0.236. The first-order chi connectivity index (χ1) is 45.8. The van der Waals surface area contributed by atoms with Crippen molar-refractivity contribution in [2.75, 3.05) is 178 Å². The largest absolute Gasteiger partial charge is 0.381 e. The normalized spacial score (nSPS) is 12.1. The number of hydrogen-bond acceptors (Lipinski definition) is 20. The van der Waals surface area contributed by atoms with Gasteiger partial charge >= 0.3 is 0 Å². The van der Waals surface area contributed by atoms with Crippen molar-refractivity contribution >= 4 is 17.7 Å². The number of amides is 3. The van der Waals surface area contributed by atoms with Crippen LogP contribution in [0.15, 0.2) is 0 Å². The Morgan fingerprint density at radius 1 is 0.224 bits per heavy atom. The number of unbranched alkanes of at least 4 members (excludes halogenated alkanes) is 4. The molecule has 0 atom stereocenters. The second-order valence-corrected chi connectivity index (χ2v) is 29.9. The van der Waals surface area contributed by atoms with Gasteiger partial charge < -0.3 is 96.5 Å². The van der Waals surface area contributed by atoms with Gasteiger partial charge in [-0.05, 0) is 237 Å². The van der Waals surface area contributed by atoms with Gasteiger partial charge in [-0.25, -0.2) is 0 Å². The van der Waals surface area contributed by atoms with Crippen LogP contribution >= 0.6 is 0 Å². The smallest absolute Gasteiger partial charge is 0.246 e. The van der Waals surface area contributed by atoms with Gasteiger partial charge in [-0.3, -0.25) is 14.4 Å². The Morgan fingerprint density at radius 2 is 0.408 bits per heavy atom. The van der Waals surface area contributed by atoms with E-state index in [9.17, 15) is 14.4 Å². The number of rotatable bonds is 57. The first kappa shape index (κ1) is 104. The minimum absolute atomic E-state index is 0.00837. The molecule has 0 saturated heterocycles. The molecule has 0 spiro atoms. The third kappa shape index (κ3) is 115. The van der Waals surface area contributed by atoms with Gasteiger partial charge in [0.15, 0.2) is 0 Å². The highest BCUT2D eigenvalue weighted by Crippen LogP contribution is 2.10. The molecule has 98 heavy (non-hydrogen) atoms. The van der Waals surface area contributed by atoms with Crippen LogP contribution in [-0.4, -0.2) is 254 Å². The van der Waals surface area contributed by atoms with Crippen molar-refractivity contribution in [1.82, 2.24) is 16.0 Å². The summed E-state index contributed by atoms with van der Waals surface area (Å²) in [5.74, 6) is -0.249. The molecule has 0 aliphatic heterocycles. The first-order valence-corrected chi connectivity index (χ1v) is 36.8. The maximum atomic E-state index is 11.5. The van der Waals surface area contributed by atoms with Crippen LogP contribution in [0.3, 0.4) is 0 Å². The molecule has 3 N–H and O–H groups in total. The summed E-state index contributed by atoms with van der Waals surface area (Å²) in [5.41, 5.74) is -0.720. The molecule has 0 aromatic rings. The predicted octanol–water partition coefficient (Wildman–Crippen LogP) is 12.5. The number of hydrogen-bond donors (Lipinski definition) is 3. The van der Waals surface area contributed by atoms with E-state index in [1.54, 1.807) is 0 Å². The minimum Gasteiger partial charge on any atom is -0.381 e. The molecule has 0 rings (SSSR count). The van der Waals surface area contributed by atoms with E-state index < -0.39 is 0 Å². The molecular formula is C75H157N3O20. The summed E-state index contributed by atoms with van der Waals surface area (Å²) in [6.45, 7) is 65.9. The van der Waals surface area contributed by atoms with E-state index in [4.69, 9.17) is 80.5 Å². The molecule has 0 aliphatic rings. The van der Waals surface area contributed by atoms with Gasteiger partial charge in [0.2, 0.25) is 17.7 Å². The molecule has 23 nitrogen and oxygen atoms in total. The monoisotopic (exact) mass is 1420 g/mol. The van der Waals surface area contributed by atoms with E-state index >= 15 is 0 Å². The topological polar surface area (TPSA) is 244 Å². The Labute approximate surface area is 600 Å². The van der Waals surface area contributed by atoms with Gasteiger partial charge in [0.1, 0.15) is 19.8 Å². The van der Waals surface area contributed by atoms with Crippen LogP contribution in [0.25, 0.3) is 0 Å². The van der Waals surface area contributed by atoms with Gasteiger partial charge in [0.25, 0.3) is 0 Å². The van der Waals surface area contributed by atoms with E-state index in [0.29, 0.717) is 131 Å². The highest BCUT2D eigenvalue weighted by molar-refractivity contribution is 5.78. The molecule has 0 bridgehead atoms. The maximum absolute atomic E-state index is 11.5. The molecule has 23 heteroatoms. The molecule has 0 unspecified atom stereocenters. The van der Waals surface area contributed by atoms with Gasteiger partial charge in [0.05, 0.1) is 121 Å². The second kappa shape index (κ2) is 70.4. The first-order valence-electron chi connectivity index (χ1n) is 36.8. The lowest BCUT2D eigenvalue weighted by molar-refractivity contribution is -0.128. The van der Waals surface area contributed by atoms with Crippen molar-refractivity contribution in [2.45, 2.75) is 296 Å². The number of ether oxygens (including phenoxy) is 17. The molecule has 3 amide bonds. The van der Waals surface area contributed by atoms with Crippen molar-refractivity contribution in [3.05, 3.63) is 0 Å². The summed E-state index contributed by atoms with van der Waals surface area (Å²) in [7, 11) is 0. The van der Waals surface area contributed by atoms with Gasteiger partial charge in [-0.2, -0.15) is 0 Å². The van der Waals surface area contributed by atoms with Crippen LogP contribution in [0.4, 0.5) is 0 Å². The Bertz CT molecular complexity index is 1680. The zero-order valence-electron chi connectivity index (χ0n) is 67.7. The number of nitrogens with one attached hydrogen (secondary N) is 3. The van der Waals surface area contributed by atoms with Crippen LogP contribution in [0.2, 0.25) is 0 Å². The fourth-order valence-electron chi connectivity index (χ4n) is 7.15. The molecule has 0 radical (unpaired) electrons. The average molecular weight is 1420 g/mol. The zero-order valence-corrected chi connectivity index (χ0v) is 67.7. The van der Waals surface area contributed by atoms with Crippen molar-refractivity contribution in [3.8, 4) is 0 Å². The third-order valence-electron chi connectivity index (χ3n) is 11.3. The molecule has 0 aromatic carbocycles. The highest BCUT2D eigenvalue weighted by atomic mass is 16.6. The molecule has 0 fully saturated rings. The predicted molar refractivity (Wildman–Crippen MR) is 395 cm³/mol. The van der Waals surface area contributed by atoms with Crippen LogP contribution in [-0.2, 0) is 94.9 Å². The van der Waals surface area contributed by atoms with Crippen LogP contribution in [0.1, 0.15) is 237 Å². The van der Waals surface area contributed by atoms with Crippen molar-refractivity contribution in [2.24, 2.45) is 0 Å². The van der Waals surface area contributed by atoms with E-state index in [-0.39, 0.29) is 77.6 Å². The lowest BCUT2D eigenvalue weighted by Crippen LogP contribution is -2.42. The lowest BCUT2D eigenvalue weighted by Gasteiger charge is -2.20. The summed E-state index contributed by atoms with van der Waals surface area (Å²) < 4.78 is 92.0. The summed E-state index contributed by atoms with van der Waals surface area (Å²) in [4.78, 5) is 34.3. The standard InChI is InChI=1S/C18H37NO6.C16H34O5.C15H31NO4.C14H29NO3.C12H26O2/c1-16(2)25-8-6-7-21-9-10-22-11-12-23-13-14-24-15-17(20)19-18(3,4)5;1-15(2)20-8-6-7-17-9-10-18-11-12-19-13-14-21-16(3,4)5;1-13(2)20-11-7-9-18-8-6-10-19-12-14(17)16-15(3,4)5;1-12(2)18-10-8-6-7-9-17-11-13(16)15-14(3,4)5;1-11(2)13-9-7-6-8-10-14-12(3,4)5/h16H,6-15H2,1-5H3,(H,19,20);15H,6-14H2,1-5H3;13H,6-12H2,1-5H3,(H,16,17);12H,6-11H2,1-5H3,(H,15,16);11H,6-10H2,1-5H3. The van der Waals surface area contributed by atoms with Crippen molar-refractivity contribution in [1.29, 1.82) is 0 Å². The fourth-order valence-corrected chi connectivity index (χ4v) is 7.15. The van der Waals surface area contributed by atoms with Crippen LogP contribution < -0.4 is 16.0 Å². The van der Waals surface area contributed by atoms with Gasteiger partial charge in [-0.1, -0.05) is 0 Å². The van der Waals surface area contributed by atoms with Crippen LogP contribution in [0.5, 0.6) is 0 Å². The van der Waals surface area contributed by atoms with E-state index in [0.717, 1.165) is 104 Å². The van der Waals surface area contributed by atoms with Gasteiger partial charge in [0, 0.05) is 95.9 Å². The molecule has 0 saturated carbocycles. The zero-order chi connectivity index (χ0) is 75.4. The SMILES string of the molecule is CC(C)OCCCCCOC(C)(C)C.CC(C)OCCCCCOCC(=O)NC(C)(C)C.CC(C)OCCCOCCCOCC(=O)NC(C)(C)C.CC(C)OCCCOCCOCCOCCOC(C)(C)C.CC(C)OCCCOCCOCCOCCOCC(=O)NC(C)(C)C. The molecule has 0 heterocycles. The average Bonchev–Trinajstić information content (AvgIpc) is 1.11. The maximum Gasteiger partial charge on any atom is 0.246 e. The van der Waals surface area contributed by atoms with Crippen molar-refractivity contribution in [3.63, 3.8) is 0 Å². The molecule has 0 aliphatic carbocycles. The molecule has 0 aromatic heterocycles. The highest BCUT2D eigenvalue weighted by Gasteiger charge is 2.16. The number of carbonyl (C=O) groups excluding carboxylic acids is 3. The van der Waals surface area contributed by atoms with Crippen molar-refractivity contribution < 1.29 is 94.9 Å². The Balaban J connectivity index is -0.000000372. The van der Waals surface area contributed by atoms with E-state index in [1.165, 1.54) is 6.42 Å². The Kier molecular flexibility index (Phi) is 75.0. The van der Waals surface area contributed by atoms with Crippen LogP contribution in [0, 0.1) is 0 Å². The Hall–Kier alpha value is -2.27. The molecule has 592 valence electrons. The van der Waals surface area contributed by atoms with Gasteiger partial charge in [-0.15, -0.1) is 0 Å². The Morgan fingerprint density at radius 3 is 0.684 bits per heavy atom. The number of carbonyl (C=O) groups is 3. The summed E-state index contributed by atoms with van der Waals surface area (Å²) >= 11 is 0. The van der Waals surface area contributed by atoms with E-state index in [1.807, 2.05) is 138 Å².